The van der Waals surface area contributed by atoms with Crippen molar-refractivity contribution in [1.82, 2.24) is 4.57 Å². The Hall–Kier alpha value is -0.813. The number of nitrogens with zero attached hydrogens (tertiary/aromatic N) is 1. The first-order valence-corrected chi connectivity index (χ1v) is 9.81. The van der Waals surface area contributed by atoms with Gasteiger partial charge in [-0.05, 0) is 32.5 Å². The van der Waals surface area contributed by atoms with Crippen molar-refractivity contribution >= 4 is 14.2 Å². The summed E-state index contributed by atoms with van der Waals surface area (Å²) in [4.78, 5) is 12.2. The van der Waals surface area contributed by atoms with Gasteiger partial charge in [0.2, 0.25) is 0 Å². The number of hydrogen-bond donors (Lipinski definition) is 1. The maximum absolute atomic E-state index is 12.2. The summed E-state index contributed by atoms with van der Waals surface area (Å²) in [6.07, 6.45) is 2.52. The molecule has 4 nitrogen and oxygen atoms in total. The van der Waals surface area contributed by atoms with Crippen LogP contribution < -0.4 is 0 Å². The molecule has 1 aliphatic heterocycles. The SMILES string of the molecule is CC(C)(C)OC(=O)[C@H]1CC(CO)=CN1[Si](C)(C)C. The van der Waals surface area contributed by atoms with Crippen molar-refractivity contribution in [2.24, 2.45) is 0 Å². The zero-order valence-electron chi connectivity index (χ0n) is 12.3. The first-order chi connectivity index (χ1) is 8.04. The smallest absolute Gasteiger partial charge is 0.328 e. The van der Waals surface area contributed by atoms with E-state index in [-0.39, 0.29) is 18.6 Å². The number of aliphatic hydroxyl groups excluding tert-OH is 1. The highest BCUT2D eigenvalue weighted by Gasteiger charge is 2.39. The van der Waals surface area contributed by atoms with Gasteiger partial charge in [0.25, 0.3) is 0 Å². The van der Waals surface area contributed by atoms with Gasteiger partial charge >= 0.3 is 5.97 Å². The Bertz CT molecular complexity index is 352. The molecule has 0 aromatic rings. The summed E-state index contributed by atoms with van der Waals surface area (Å²) in [5, 5.41) is 9.25. The second-order valence-corrected chi connectivity index (χ2v) is 11.6. The van der Waals surface area contributed by atoms with E-state index >= 15 is 0 Å². The monoisotopic (exact) mass is 271 g/mol. The van der Waals surface area contributed by atoms with Crippen molar-refractivity contribution in [3.8, 4) is 0 Å². The van der Waals surface area contributed by atoms with Crippen molar-refractivity contribution in [3.63, 3.8) is 0 Å². The van der Waals surface area contributed by atoms with Crippen LogP contribution >= 0.6 is 0 Å². The lowest BCUT2D eigenvalue weighted by molar-refractivity contribution is -0.158. The molecule has 1 N–H and O–H groups in total. The number of aliphatic hydroxyl groups is 1. The topological polar surface area (TPSA) is 49.8 Å². The van der Waals surface area contributed by atoms with Gasteiger partial charge in [-0.2, -0.15) is 0 Å². The lowest BCUT2D eigenvalue weighted by Gasteiger charge is -2.36. The van der Waals surface area contributed by atoms with Crippen molar-refractivity contribution in [2.45, 2.75) is 58.5 Å². The zero-order chi connectivity index (χ0) is 14.1. The van der Waals surface area contributed by atoms with Gasteiger partial charge in [0, 0.05) is 6.42 Å². The second-order valence-electron chi connectivity index (χ2n) is 6.78. The Morgan fingerprint density at radius 1 is 1.50 bits per heavy atom. The van der Waals surface area contributed by atoms with Gasteiger partial charge in [0.15, 0.2) is 0 Å². The number of esters is 1. The number of carbonyl (C=O) groups excluding carboxylic acids is 1. The molecule has 0 bridgehead atoms. The fraction of sp³-hybridized carbons (Fsp3) is 0.769. The van der Waals surface area contributed by atoms with Gasteiger partial charge in [0.05, 0.1) is 6.61 Å². The molecular weight excluding hydrogens is 246 g/mol. The van der Waals surface area contributed by atoms with Crippen molar-refractivity contribution in [1.29, 1.82) is 0 Å². The van der Waals surface area contributed by atoms with E-state index in [1.54, 1.807) is 0 Å². The number of rotatable bonds is 3. The molecule has 0 aromatic heterocycles. The van der Waals surface area contributed by atoms with Gasteiger partial charge in [-0.15, -0.1) is 0 Å². The van der Waals surface area contributed by atoms with E-state index in [2.05, 4.69) is 24.2 Å². The molecule has 0 saturated heterocycles. The molecule has 104 valence electrons. The van der Waals surface area contributed by atoms with Gasteiger partial charge in [-0.25, -0.2) is 4.79 Å². The van der Waals surface area contributed by atoms with E-state index in [0.29, 0.717) is 6.42 Å². The van der Waals surface area contributed by atoms with Gasteiger partial charge in [-0.3, -0.25) is 0 Å². The molecule has 18 heavy (non-hydrogen) atoms. The number of ether oxygens (including phenoxy) is 1. The van der Waals surface area contributed by atoms with Crippen LogP contribution in [0.5, 0.6) is 0 Å². The second kappa shape index (κ2) is 5.05. The van der Waals surface area contributed by atoms with Crippen molar-refractivity contribution in [3.05, 3.63) is 11.8 Å². The Kier molecular flexibility index (Phi) is 4.28. The molecule has 1 heterocycles. The van der Waals surface area contributed by atoms with Crippen LogP contribution in [0.4, 0.5) is 0 Å². The highest BCUT2D eigenvalue weighted by atomic mass is 28.3. The fourth-order valence-electron chi connectivity index (χ4n) is 2.02. The summed E-state index contributed by atoms with van der Waals surface area (Å²) < 4.78 is 7.58. The normalized spacial score (nSPS) is 20.9. The molecule has 1 atom stereocenters. The Morgan fingerprint density at radius 3 is 2.44 bits per heavy atom. The molecule has 5 heteroatoms. The molecule has 0 spiro atoms. The maximum Gasteiger partial charge on any atom is 0.328 e. The third-order valence-corrected chi connectivity index (χ3v) is 4.76. The zero-order valence-corrected chi connectivity index (χ0v) is 13.3. The number of carbonyl (C=O) groups is 1. The fourth-order valence-corrected chi connectivity index (χ4v) is 3.72. The number of hydrogen-bond acceptors (Lipinski definition) is 4. The highest BCUT2D eigenvalue weighted by molar-refractivity contribution is 6.73. The molecule has 0 fully saturated rings. The minimum Gasteiger partial charge on any atom is -0.458 e. The van der Waals surface area contributed by atoms with Gasteiger partial charge in [0.1, 0.15) is 19.9 Å². The van der Waals surface area contributed by atoms with Crippen LogP contribution in [0.1, 0.15) is 27.2 Å². The van der Waals surface area contributed by atoms with Crippen molar-refractivity contribution in [2.75, 3.05) is 6.61 Å². The predicted octanol–water partition coefficient (Wildman–Crippen LogP) is 2.11. The first-order valence-electron chi connectivity index (χ1n) is 6.36. The van der Waals surface area contributed by atoms with E-state index in [9.17, 15) is 9.90 Å². The lowest BCUT2D eigenvalue weighted by atomic mass is 10.1. The van der Waals surface area contributed by atoms with E-state index in [1.807, 2.05) is 27.0 Å². The minimum atomic E-state index is -1.64. The summed E-state index contributed by atoms with van der Waals surface area (Å²) in [6.45, 7) is 12.2. The summed E-state index contributed by atoms with van der Waals surface area (Å²) in [6, 6.07) is -0.266. The maximum atomic E-state index is 12.2. The van der Waals surface area contributed by atoms with E-state index in [4.69, 9.17) is 4.74 Å². The molecule has 0 unspecified atom stereocenters. The van der Waals surface area contributed by atoms with E-state index < -0.39 is 13.8 Å². The average molecular weight is 271 g/mol. The van der Waals surface area contributed by atoms with Gasteiger partial charge in [-0.1, -0.05) is 19.6 Å². The highest BCUT2D eigenvalue weighted by Crippen LogP contribution is 2.29. The Balaban J connectivity index is 2.86. The molecule has 0 amide bonds. The van der Waals surface area contributed by atoms with Crippen molar-refractivity contribution < 1.29 is 14.6 Å². The summed E-state index contributed by atoms with van der Waals surface area (Å²) in [5.74, 6) is -0.190. The molecule has 0 radical (unpaired) electrons. The molecule has 1 aliphatic rings. The summed E-state index contributed by atoms with van der Waals surface area (Å²) in [5.41, 5.74) is 0.442. The predicted molar refractivity (Wildman–Crippen MR) is 74.6 cm³/mol. The van der Waals surface area contributed by atoms with Crippen LogP contribution in [0.25, 0.3) is 0 Å². The molecule has 0 aliphatic carbocycles. The average Bonchev–Trinajstić information content (AvgIpc) is 2.57. The third kappa shape index (κ3) is 3.85. The van der Waals surface area contributed by atoms with Crippen LogP contribution in [-0.2, 0) is 9.53 Å². The standard InChI is InChI=1S/C13H25NO3Si/c1-13(2,3)17-12(16)11-7-10(9-15)8-14(11)18(4,5)6/h8,11,15H,7,9H2,1-6H3/t11-/m1/s1. The minimum absolute atomic E-state index is 0.0142. The molecule has 1 rings (SSSR count). The van der Waals surface area contributed by atoms with Crippen LogP contribution in [0.3, 0.4) is 0 Å². The Labute approximate surface area is 111 Å². The van der Waals surface area contributed by atoms with E-state index in [0.717, 1.165) is 5.57 Å². The largest absolute Gasteiger partial charge is 0.458 e. The quantitative estimate of drug-likeness (QED) is 0.631. The first kappa shape index (κ1) is 15.2. The molecule has 0 aromatic carbocycles. The summed E-state index contributed by atoms with van der Waals surface area (Å²) in [7, 11) is -1.64. The van der Waals surface area contributed by atoms with Gasteiger partial charge < -0.3 is 14.4 Å². The van der Waals surface area contributed by atoms with Crippen LogP contribution in [0.2, 0.25) is 19.6 Å². The lowest BCUT2D eigenvalue weighted by Crippen LogP contribution is -2.50. The summed E-state index contributed by atoms with van der Waals surface area (Å²) >= 11 is 0. The molecular formula is C13H25NO3Si. The van der Waals surface area contributed by atoms with E-state index in [1.165, 1.54) is 0 Å². The van der Waals surface area contributed by atoms with Crippen LogP contribution in [0.15, 0.2) is 11.8 Å². The van der Waals surface area contributed by atoms with Crippen LogP contribution in [-0.4, -0.2) is 42.1 Å². The Morgan fingerprint density at radius 2 is 2.06 bits per heavy atom. The third-order valence-electron chi connectivity index (χ3n) is 2.77. The molecule has 0 saturated carbocycles. The van der Waals surface area contributed by atoms with Crippen LogP contribution in [0, 0.1) is 0 Å².